The van der Waals surface area contributed by atoms with E-state index in [4.69, 9.17) is 14.6 Å². The van der Waals surface area contributed by atoms with Gasteiger partial charge in [-0.05, 0) is 42.9 Å². The molecule has 1 aliphatic rings. The molecule has 0 spiro atoms. The number of fused-ring (bicyclic) bond motifs is 2. The molecule has 1 aromatic heterocycles. The lowest BCUT2D eigenvalue weighted by molar-refractivity contribution is 0.170. The molecule has 2 aromatic carbocycles. The molecule has 1 aliphatic heterocycles. The summed E-state index contributed by atoms with van der Waals surface area (Å²) in [5.74, 6) is 0.817. The van der Waals surface area contributed by atoms with Crippen molar-refractivity contribution in [2.45, 2.75) is 36.7 Å². The van der Waals surface area contributed by atoms with Crippen LogP contribution >= 0.6 is 11.8 Å². The molecule has 1 N–H and O–H groups in total. The van der Waals surface area contributed by atoms with Crippen LogP contribution in [0.3, 0.4) is 0 Å². The fourth-order valence-corrected chi connectivity index (χ4v) is 5.13. The molecule has 0 fully saturated rings. The number of methoxy groups -OCH3 is 2. The first-order valence-corrected chi connectivity index (χ1v) is 11.3. The first-order valence-electron chi connectivity index (χ1n) is 10.5. The van der Waals surface area contributed by atoms with Crippen LogP contribution in [0.15, 0.2) is 40.1 Å². The molecule has 0 saturated carbocycles. The molecule has 8 heteroatoms. The number of hydrogen-bond donors (Lipinski definition) is 1. The number of carbonyl (C=O) groups is 1. The second-order valence-corrected chi connectivity index (χ2v) is 8.41. The van der Waals surface area contributed by atoms with Crippen molar-refractivity contribution >= 4 is 28.8 Å². The lowest BCUT2D eigenvalue weighted by Crippen LogP contribution is -2.27. The maximum Gasteiger partial charge on any atom is 0.407 e. The predicted octanol–water partition coefficient (Wildman–Crippen LogP) is 4.37. The van der Waals surface area contributed by atoms with Crippen molar-refractivity contribution in [1.82, 2.24) is 20.0 Å². The number of benzene rings is 2. The van der Waals surface area contributed by atoms with Gasteiger partial charge in [0.1, 0.15) is 11.4 Å². The van der Waals surface area contributed by atoms with Gasteiger partial charge in [0.05, 0.1) is 26.3 Å². The molecule has 0 atom stereocenters. The molecule has 2 heterocycles. The summed E-state index contributed by atoms with van der Waals surface area (Å²) in [6.45, 7) is 8.58. The Morgan fingerprint density at radius 2 is 2.00 bits per heavy atom. The third-order valence-electron chi connectivity index (χ3n) is 5.74. The second-order valence-electron chi connectivity index (χ2n) is 7.36. The minimum absolute atomic E-state index is 0.403. The van der Waals surface area contributed by atoms with Gasteiger partial charge in [-0.3, -0.25) is 4.68 Å². The molecule has 1 amide bonds. The van der Waals surface area contributed by atoms with E-state index in [0.717, 1.165) is 69.4 Å². The summed E-state index contributed by atoms with van der Waals surface area (Å²) < 4.78 is 12.3. The smallest absolute Gasteiger partial charge is 0.407 e. The molecule has 0 bridgehead atoms. The molecule has 0 unspecified atom stereocenters. The van der Waals surface area contributed by atoms with Crippen molar-refractivity contribution in [2.24, 2.45) is 0 Å². The summed E-state index contributed by atoms with van der Waals surface area (Å²) in [6.07, 6.45) is -0.437. The quantitative estimate of drug-likeness (QED) is 0.439. The van der Waals surface area contributed by atoms with Crippen LogP contribution in [0.2, 0.25) is 0 Å². The van der Waals surface area contributed by atoms with Gasteiger partial charge in [0, 0.05) is 33.8 Å². The third kappa shape index (κ3) is 4.09. The summed E-state index contributed by atoms with van der Waals surface area (Å²) in [6, 6.07) is 10.3. The number of hydrogen-bond acceptors (Lipinski definition) is 6. The first kappa shape index (κ1) is 21.5. The zero-order chi connectivity index (χ0) is 22.0. The van der Waals surface area contributed by atoms with E-state index in [9.17, 15) is 4.79 Å². The van der Waals surface area contributed by atoms with Gasteiger partial charge < -0.3 is 19.7 Å². The van der Waals surface area contributed by atoms with Crippen LogP contribution in [-0.2, 0) is 17.8 Å². The summed E-state index contributed by atoms with van der Waals surface area (Å²) in [7, 11) is 3.06. The second kappa shape index (κ2) is 9.20. The van der Waals surface area contributed by atoms with Crippen molar-refractivity contribution in [3.05, 3.63) is 35.9 Å². The van der Waals surface area contributed by atoms with Gasteiger partial charge in [0.25, 0.3) is 0 Å². The van der Waals surface area contributed by atoms with Gasteiger partial charge in [-0.2, -0.15) is 5.10 Å². The minimum Gasteiger partial charge on any atom is -0.497 e. The number of aromatic nitrogens is 2. The predicted molar refractivity (Wildman–Crippen MR) is 123 cm³/mol. The molecule has 3 aromatic rings. The van der Waals surface area contributed by atoms with Crippen molar-refractivity contribution in [1.29, 1.82) is 0 Å². The van der Waals surface area contributed by atoms with E-state index in [2.05, 4.69) is 53.0 Å². The van der Waals surface area contributed by atoms with E-state index in [-0.39, 0.29) is 0 Å². The zero-order valence-electron chi connectivity index (χ0n) is 18.4. The Bertz CT molecular complexity index is 1110. The first-order chi connectivity index (χ1) is 15.1. The standard InChI is InChI=1S/C23H28N4O3S/c1-5-26(6-2)11-12-27-18-9-7-15(14-24-23(28)30-4)22-20(18)21(25-27)17-13-16(29-3)8-10-19(17)31-22/h7-10,13H,5-6,11-12,14H2,1-4H3,(H,24,28). The SMILES string of the molecule is CCN(CC)CCn1nc2c3c(c(CNC(=O)OC)ccc31)Sc1ccc(OC)cc1-2. The van der Waals surface area contributed by atoms with E-state index in [1.807, 2.05) is 6.07 Å². The molecule has 0 radical (unpaired) electrons. The highest BCUT2D eigenvalue weighted by molar-refractivity contribution is 7.99. The molecular weight excluding hydrogens is 412 g/mol. The Balaban J connectivity index is 1.81. The largest absolute Gasteiger partial charge is 0.497 e. The number of amides is 1. The lowest BCUT2D eigenvalue weighted by atomic mass is 10.0. The normalized spacial score (nSPS) is 12.2. The molecule has 0 saturated heterocycles. The summed E-state index contributed by atoms with van der Waals surface area (Å²) in [5.41, 5.74) is 4.22. The van der Waals surface area contributed by atoms with Gasteiger partial charge in [0.15, 0.2) is 0 Å². The summed E-state index contributed by atoms with van der Waals surface area (Å²) in [5, 5.41) is 8.98. The maximum atomic E-state index is 11.6. The zero-order valence-corrected chi connectivity index (χ0v) is 19.2. The van der Waals surface area contributed by atoms with Gasteiger partial charge in [-0.15, -0.1) is 0 Å². The van der Waals surface area contributed by atoms with Crippen molar-refractivity contribution < 1.29 is 14.3 Å². The summed E-state index contributed by atoms with van der Waals surface area (Å²) >= 11 is 1.72. The average Bonchev–Trinajstić information content (AvgIpc) is 3.18. The molecule has 31 heavy (non-hydrogen) atoms. The number of nitrogens with one attached hydrogen (secondary N) is 1. The van der Waals surface area contributed by atoms with Gasteiger partial charge in [-0.25, -0.2) is 4.79 Å². The number of likely N-dealkylation sites (N-methyl/N-ethyl adjacent to an activating group) is 1. The average molecular weight is 441 g/mol. The van der Waals surface area contributed by atoms with Crippen molar-refractivity contribution in [3.63, 3.8) is 0 Å². The van der Waals surface area contributed by atoms with Crippen LogP contribution in [0, 0.1) is 0 Å². The number of alkyl carbamates (subject to hydrolysis) is 1. The van der Waals surface area contributed by atoms with Gasteiger partial charge in [-0.1, -0.05) is 31.7 Å². The third-order valence-corrected chi connectivity index (χ3v) is 6.98. The Morgan fingerprint density at radius 1 is 1.19 bits per heavy atom. The van der Waals surface area contributed by atoms with E-state index < -0.39 is 6.09 Å². The maximum absolute atomic E-state index is 11.6. The fourth-order valence-electron chi connectivity index (χ4n) is 3.93. The van der Waals surface area contributed by atoms with E-state index >= 15 is 0 Å². The molecular formula is C23H28N4O3S. The molecule has 7 nitrogen and oxygen atoms in total. The van der Waals surface area contributed by atoms with Crippen LogP contribution in [0.4, 0.5) is 4.79 Å². The van der Waals surface area contributed by atoms with E-state index in [1.165, 1.54) is 7.11 Å². The highest BCUT2D eigenvalue weighted by Gasteiger charge is 2.26. The Hall–Kier alpha value is -2.71. The number of carbonyl (C=O) groups excluding carboxylic acids is 1. The molecule has 4 rings (SSSR count). The van der Waals surface area contributed by atoms with Crippen LogP contribution in [0.25, 0.3) is 22.2 Å². The van der Waals surface area contributed by atoms with Crippen LogP contribution < -0.4 is 10.1 Å². The van der Waals surface area contributed by atoms with Crippen LogP contribution in [0.1, 0.15) is 19.4 Å². The lowest BCUT2D eigenvalue weighted by Gasteiger charge is -2.19. The Kier molecular flexibility index (Phi) is 6.38. The summed E-state index contributed by atoms with van der Waals surface area (Å²) in [4.78, 5) is 16.3. The number of nitrogens with zero attached hydrogens (tertiary/aromatic N) is 3. The topological polar surface area (TPSA) is 68.6 Å². The molecule has 0 aliphatic carbocycles. The van der Waals surface area contributed by atoms with E-state index in [1.54, 1.807) is 18.9 Å². The fraction of sp³-hybridized carbons (Fsp3) is 0.391. The van der Waals surface area contributed by atoms with Crippen LogP contribution in [0.5, 0.6) is 5.75 Å². The Morgan fingerprint density at radius 3 is 2.71 bits per heavy atom. The monoisotopic (exact) mass is 440 g/mol. The highest BCUT2D eigenvalue weighted by Crippen LogP contribution is 2.49. The van der Waals surface area contributed by atoms with Crippen molar-refractivity contribution in [3.8, 4) is 17.0 Å². The van der Waals surface area contributed by atoms with Gasteiger partial charge >= 0.3 is 6.09 Å². The molecule has 164 valence electrons. The van der Waals surface area contributed by atoms with E-state index in [0.29, 0.717) is 6.54 Å². The van der Waals surface area contributed by atoms with Crippen LogP contribution in [-0.4, -0.2) is 54.6 Å². The number of ether oxygens (including phenoxy) is 2. The highest BCUT2D eigenvalue weighted by atomic mass is 32.2. The number of rotatable bonds is 8. The Labute approximate surface area is 186 Å². The van der Waals surface area contributed by atoms with Crippen molar-refractivity contribution in [2.75, 3.05) is 33.9 Å². The van der Waals surface area contributed by atoms with Gasteiger partial charge in [0.2, 0.25) is 0 Å². The minimum atomic E-state index is -0.437.